The fraction of sp³-hybridized carbons (Fsp3) is 0.0769. The minimum absolute atomic E-state index is 0.0559. The van der Waals surface area contributed by atoms with Crippen LogP contribution in [0.15, 0.2) is 48.5 Å². The molecule has 0 atom stereocenters. The van der Waals surface area contributed by atoms with Crippen molar-refractivity contribution in [2.24, 2.45) is 0 Å². The predicted molar refractivity (Wildman–Crippen MR) is 55.7 cm³/mol. The molecule has 0 aliphatic heterocycles. The number of hydrogen-bond donors (Lipinski definition) is 0. The average Bonchev–Trinajstić information content (AvgIpc) is 2.30. The lowest BCUT2D eigenvalue weighted by Crippen LogP contribution is -1.84. The van der Waals surface area contributed by atoms with Gasteiger partial charge in [-0.3, -0.25) is 0 Å². The Balaban J connectivity index is 2.42. The smallest absolute Gasteiger partial charge is 0.205 e. The molecule has 0 amide bonds. The van der Waals surface area contributed by atoms with Gasteiger partial charge in [-0.15, -0.1) is 0 Å². The van der Waals surface area contributed by atoms with E-state index in [1.54, 1.807) is 18.2 Å². The zero-order valence-corrected chi connectivity index (χ0v) is 7.95. The third kappa shape index (κ3) is 2.21. The maximum Gasteiger partial charge on any atom is 0.263 e. The van der Waals surface area contributed by atoms with E-state index in [2.05, 4.69) is 6.07 Å². The zero-order valence-electron chi connectivity index (χ0n) is 7.95. The van der Waals surface area contributed by atoms with Crippen LogP contribution in [0.3, 0.4) is 0 Å². The molecule has 0 heterocycles. The topological polar surface area (TPSA) is 0 Å². The van der Waals surface area contributed by atoms with Crippen LogP contribution in [-0.2, 0) is 0 Å². The lowest BCUT2D eigenvalue weighted by molar-refractivity contribution is 0.151. The molecule has 2 aromatic carbocycles. The van der Waals surface area contributed by atoms with Gasteiger partial charge in [-0.25, -0.2) is 8.78 Å². The van der Waals surface area contributed by atoms with Crippen molar-refractivity contribution in [3.8, 4) is 11.1 Å². The van der Waals surface area contributed by atoms with Gasteiger partial charge < -0.3 is 0 Å². The lowest BCUT2D eigenvalue weighted by Gasteiger charge is -2.04. The largest absolute Gasteiger partial charge is 0.263 e. The summed E-state index contributed by atoms with van der Waals surface area (Å²) >= 11 is 0. The molecule has 0 nitrogen and oxygen atoms in total. The van der Waals surface area contributed by atoms with Crippen molar-refractivity contribution in [1.29, 1.82) is 0 Å². The molecule has 75 valence electrons. The monoisotopic (exact) mass is 203 g/mol. The standard InChI is InChI=1S/C13H9F2/c14-13(15)12-8-4-7-11(9-12)10-5-2-1-3-6-10/h2-9,13H. The minimum Gasteiger partial charge on any atom is -0.205 e. The van der Waals surface area contributed by atoms with Crippen molar-refractivity contribution in [2.45, 2.75) is 6.43 Å². The molecule has 0 aliphatic carbocycles. The molecule has 0 aromatic heterocycles. The number of halogens is 2. The van der Waals surface area contributed by atoms with Crippen LogP contribution in [0.5, 0.6) is 0 Å². The predicted octanol–water partition coefficient (Wildman–Crippen LogP) is 4.09. The second-order valence-corrected chi connectivity index (χ2v) is 3.21. The fourth-order valence-electron chi connectivity index (χ4n) is 1.43. The first kappa shape index (κ1) is 9.84. The average molecular weight is 203 g/mol. The van der Waals surface area contributed by atoms with Crippen molar-refractivity contribution in [3.63, 3.8) is 0 Å². The quantitative estimate of drug-likeness (QED) is 0.689. The zero-order chi connectivity index (χ0) is 10.7. The second-order valence-electron chi connectivity index (χ2n) is 3.21. The van der Waals surface area contributed by atoms with Gasteiger partial charge in [0.05, 0.1) is 0 Å². The molecule has 0 unspecified atom stereocenters. The summed E-state index contributed by atoms with van der Waals surface area (Å²) in [7, 11) is 0. The van der Waals surface area contributed by atoms with E-state index in [0.29, 0.717) is 0 Å². The normalized spacial score (nSPS) is 10.6. The van der Waals surface area contributed by atoms with Gasteiger partial charge in [0.25, 0.3) is 6.43 Å². The molecule has 0 bridgehead atoms. The van der Waals surface area contributed by atoms with Crippen molar-refractivity contribution in [2.75, 3.05) is 0 Å². The van der Waals surface area contributed by atoms with Gasteiger partial charge in [-0.2, -0.15) is 0 Å². The maximum absolute atomic E-state index is 12.5. The van der Waals surface area contributed by atoms with Gasteiger partial charge >= 0.3 is 0 Å². The van der Waals surface area contributed by atoms with Gasteiger partial charge in [0.2, 0.25) is 0 Å². The summed E-state index contributed by atoms with van der Waals surface area (Å²) in [6.07, 6.45) is -2.42. The molecule has 0 saturated heterocycles. The summed E-state index contributed by atoms with van der Waals surface area (Å²) in [6, 6.07) is 16.5. The molecule has 0 spiro atoms. The molecular formula is C13H9F2. The summed E-state index contributed by atoms with van der Waals surface area (Å²) in [5.74, 6) is 0. The highest BCUT2D eigenvalue weighted by molar-refractivity contribution is 5.63. The fourth-order valence-corrected chi connectivity index (χ4v) is 1.43. The van der Waals surface area contributed by atoms with Crippen molar-refractivity contribution >= 4 is 0 Å². The highest BCUT2D eigenvalue weighted by Crippen LogP contribution is 2.25. The number of alkyl halides is 2. The van der Waals surface area contributed by atoms with Crippen LogP contribution in [0.4, 0.5) is 8.78 Å². The first-order valence-corrected chi connectivity index (χ1v) is 4.62. The molecule has 0 aliphatic rings. The Labute approximate surface area is 87.2 Å². The summed E-state index contributed by atoms with van der Waals surface area (Å²) in [5.41, 5.74) is 1.79. The van der Waals surface area contributed by atoms with E-state index >= 15 is 0 Å². The Morgan fingerprint density at radius 1 is 0.933 bits per heavy atom. The van der Waals surface area contributed by atoms with Gasteiger partial charge in [0.1, 0.15) is 0 Å². The van der Waals surface area contributed by atoms with Crippen LogP contribution in [-0.4, -0.2) is 0 Å². The lowest BCUT2D eigenvalue weighted by atomic mass is 10.0. The van der Waals surface area contributed by atoms with Gasteiger partial charge in [-0.05, 0) is 23.3 Å². The van der Waals surface area contributed by atoms with Crippen LogP contribution < -0.4 is 0 Å². The van der Waals surface area contributed by atoms with Crippen molar-refractivity contribution in [3.05, 3.63) is 60.2 Å². The molecular weight excluding hydrogens is 194 g/mol. The van der Waals surface area contributed by atoms with E-state index in [-0.39, 0.29) is 5.56 Å². The number of hydrogen-bond acceptors (Lipinski definition) is 0. The molecule has 2 heteroatoms. The van der Waals surface area contributed by atoms with E-state index in [1.165, 1.54) is 12.1 Å². The SMILES string of the molecule is FC(F)c1cccc(-c2cc[c]cc2)c1. The van der Waals surface area contributed by atoms with Gasteiger partial charge in [0.15, 0.2) is 0 Å². The molecule has 0 N–H and O–H groups in total. The van der Waals surface area contributed by atoms with E-state index < -0.39 is 6.43 Å². The van der Waals surface area contributed by atoms with Gasteiger partial charge in [-0.1, -0.05) is 42.5 Å². The highest BCUT2D eigenvalue weighted by Gasteiger charge is 2.07. The number of rotatable bonds is 2. The summed E-state index contributed by atoms with van der Waals surface area (Å²) < 4.78 is 24.9. The van der Waals surface area contributed by atoms with E-state index in [0.717, 1.165) is 11.1 Å². The van der Waals surface area contributed by atoms with Crippen LogP contribution in [0.25, 0.3) is 11.1 Å². The van der Waals surface area contributed by atoms with Crippen LogP contribution in [0, 0.1) is 6.07 Å². The Hall–Kier alpha value is -1.70. The molecule has 1 radical (unpaired) electrons. The highest BCUT2D eigenvalue weighted by atomic mass is 19.3. The second kappa shape index (κ2) is 4.22. The van der Waals surface area contributed by atoms with Crippen LogP contribution in [0.1, 0.15) is 12.0 Å². The summed E-state index contributed by atoms with van der Waals surface area (Å²) in [5, 5.41) is 0. The summed E-state index contributed by atoms with van der Waals surface area (Å²) in [4.78, 5) is 0. The van der Waals surface area contributed by atoms with Crippen LogP contribution >= 0.6 is 0 Å². The minimum atomic E-state index is -2.42. The first-order chi connectivity index (χ1) is 7.27. The third-order valence-electron chi connectivity index (χ3n) is 2.19. The molecule has 15 heavy (non-hydrogen) atoms. The van der Waals surface area contributed by atoms with E-state index in [9.17, 15) is 8.78 Å². The molecule has 2 aromatic rings. The maximum atomic E-state index is 12.5. The Bertz CT molecular complexity index is 435. The first-order valence-electron chi connectivity index (χ1n) is 4.62. The Morgan fingerprint density at radius 3 is 2.33 bits per heavy atom. The summed E-state index contributed by atoms with van der Waals surface area (Å²) in [6.45, 7) is 0. The van der Waals surface area contributed by atoms with Crippen molar-refractivity contribution in [1.82, 2.24) is 0 Å². The Morgan fingerprint density at radius 2 is 1.67 bits per heavy atom. The third-order valence-corrected chi connectivity index (χ3v) is 2.19. The molecule has 0 saturated carbocycles. The van der Waals surface area contributed by atoms with Crippen molar-refractivity contribution < 1.29 is 8.78 Å². The van der Waals surface area contributed by atoms with Gasteiger partial charge in [0, 0.05) is 5.56 Å². The van der Waals surface area contributed by atoms with Crippen LogP contribution in [0.2, 0.25) is 0 Å². The molecule has 2 rings (SSSR count). The van der Waals surface area contributed by atoms with E-state index in [4.69, 9.17) is 0 Å². The number of benzene rings is 2. The molecule has 0 fully saturated rings. The van der Waals surface area contributed by atoms with E-state index in [1.807, 2.05) is 18.2 Å². The Kier molecular flexibility index (Phi) is 2.77.